The number of methoxy groups -OCH3 is 1. The molecular weight excluding hydrogens is 344 g/mol. The SMILES string of the molecule is C=CCOc1ccc(/C=C/C(=O)NCC(C)(C)N2CCOCC2)cc1OC. The van der Waals surface area contributed by atoms with Gasteiger partial charge in [-0.05, 0) is 37.6 Å². The van der Waals surface area contributed by atoms with Gasteiger partial charge in [0.1, 0.15) is 6.61 Å². The summed E-state index contributed by atoms with van der Waals surface area (Å²) in [4.78, 5) is 14.5. The van der Waals surface area contributed by atoms with Crippen molar-refractivity contribution in [1.29, 1.82) is 0 Å². The lowest BCUT2D eigenvalue weighted by molar-refractivity contribution is -0.117. The highest BCUT2D eigenvalue weighted by atomic mass is 16.5. The zero-order valence-electron chi connectivity index (χ0n) is 16.5. The van der Waals surface area contributed by atoms with E-state index in [0.717, 1.165) is 31.9 Å². The summed E-state index contributed by atoms with van der Waals surface area (Å²) < 4.78 is 16.3. The molecule has 0 bridgehead atoms. The van der Waals surface area contributed by atoms with Crippen molar-refractivity contribution in [2.45, 2.75) is 19.4 Å². The van der Waals surface area contributed by atoms with E-state index in [-0.39, 0.29) is 11.4 Å². The summed E-state index contributed by atoms with van der Waals surface area (Å²) in [6.07, 6.45) is 4.97. The Morgan fingerprint density at radius 1 is 1.33 bits per heavy atom. The summed E-state index contributed by atoms with van der Waals surface area (Å²) in [5, 5.41) is 2.98. The first-order chi connectivity index (χ1) is 13.0. The van der Waals surface area contributed by atoms with E-state index in [0.29, 0.717) is 24.7 Å². The maximum Gasteiger partial charge on any atom is 0.244 e. The van der Waals surface area contributed by atoms with E-state index in [1.165, 1.54) is 6.08 Å². The highest BCUT2D eigenvalue weighted by Gasteiger charge is 2.28. The maximum absolute atomic E-state index is 12.2. The Bertz CT molecular complexity index is 664. The summed E-state index contributed by atoms with van der Waals surface area (Å²) in [6, 6.07) is 5.53. The number of benzene rings is 1. The number of morpholine rings is 1. The molecule has 0 atom stereocenters. The molecule has 27 heavy (non-hydrogen) atoms. The van der Waals surface area contributed by atoms with Crippen molar-refractivity contribution in [3.63, 3.8) is 0 Å². The molecular formula is C21H30N2O4. The van der Waals surface area contributed by atoms with Gasteiger partial charge in [-0.1, -0.05) is 18.7 Å². The molecule has 0 spiro atoms. The number of hydrogen-bond acceptors (Lipinski definition) is 5. The molecule has 1 heterocycles. The van der Waals surface area contributed by atoms with Gasteiger partial charge in [-0.15, -0.1) is 0 Å². The lowest BCUT2D eigenvalue weighted by Gasteiger charge is -2.40. The van der Waals surface area contributed by atoms with Gasteiger partial charge >= 0.3 is 0 Å². The number of amides is 1. The molecule has 6 nitrogen and oxygen atoms in total. The summed E-state index contributed by atoms with van der Waals surface area (Å²) >= 11 is 0. The molecule has 1 aliphatic heterocycles. The Kier molecular flexibility index (Phi) is 7.88. The minimum atomic E-state index is -0.123. The lowest BCUT2D eigenvalue weighted by Crippen LogP contribution is -2.55. The van der Waals surface area contributed by atoms with E-state index >= 15 is 0 Å². The third-order valence-corrected chi connectivity index (χ3v) is 4.53. The van der Waals surface area contributed by atoms with E-state index in [2.05, 4.69) is 30.6 Å². The molecule has 1 aliphatic rings. The number of ether oxygens (including phenoxy) is 3. The predicted molar refractivity (Wildman–Crippen MR) is 107 cm³/mol. The first kappa shape index (κ1) is 21.0. The Morgan fingerprint density at radius 2 is 2.07 bits per heavy atom. The van der Waals surface area contributed by atoms with Gasteiger partial charge in [-0.3, -0.25) is 9.69 Å². The molecule has 0 radical (unpaired) electrons. The van der Waals surface area contributed by atoms with Crippen LogP contribution in [0.3, 0.4) is 0 Å². The Morgan fingerprint density at radius 3 is 2.74 bits per heavy atom. The quantitative estimate of drug-likeness (QED) is 0.532. The van der Waals surface area contributed by atoms with Crippen LogP contribution in [0.15, 0.2) is 36.9 Å². The molecule has 1 N–H and O–H groups in total. The maximum atomic E-state index is 12.2. The van der Waals surface area contributed by atoms with Crippen LogP contribution in [0.4, 0.5) is 0 Å². The van der Waals surface area contributed by atoms with E-state index < -0.39 is 0 Å². The molecule has 6 heteroatoms. The fourth-order valence-electron chi connectivity index (χ4n) is 2.87. The van der Waals surface area contributed by atoms with E-state index in [9.17, 15) is 4.79 Å². The van der Waals surface area contributed by atoms with Crippen molar-refractivity contribution in [2.24, 2.45) is 0 Å². The molecule has 0 aromatic heterocycles. The third-order valence-electron chi connectivity index (χ3n) is 4.53. The summed E-state index contributed by atoms with van der Waals surface area (Å²) in [6.45, 7) is 12.1. The highest BCUT2D eigenvalue weighted by molar-refractivity contribution is 5.91. The average Bonchev–Trinajstić information content (AvgIpc) is 2.70. The fourth-order valence-corrected chi connectivity index (χ4v) is 2.87. The summed E-state index contributed by atoms with van der Waals surface area (Å²) in [5.74, 6) is 1.14. The van der Waals surface area contributed by atoms with Crippen molar-refractivity contribution >= 4 is 12.0 Å². The van der Waals surface area contributed by atoms with Crippen molar-refractivity contribution < 1.29 is 19.0 Å². The van der Waals surface area contributed by atoms with Crippen LogP contribution in [0.5, 0.6) is 11.5 Å². The Balaban J connectivity index is 1.90. The van der Waals surface area contributed by atoms with Gasteiger partial charge in [-0.2, -0.15) is 0 Å². The molecule has 0 unspecified atom stereocenters. The topological polar surface area (TPSA) is 60.0 Å². The monoisotopic (exact) mass is 374 g/mol. The van der Waals surface area contributed by atoms with Crippen molar-refractivity contribution in [2.75, 3.05) is 46.6 Å². The van der Waals surface area contributed by atoms with Gasteiger partial charge in [-0.25, -0.2) is 0 Å². The van der Waals surface area contributed by atoms with Crippen LogP contribution in [0, 0.1) is 0 Å². The number of carbonyl (C=O) groups excluding carboxylic acids is 1. The second kappa shape index (κ2) is 10.1. The first-order valence-corrected chi connectivity index (χ1v) is 9.17. The molecule has 148 valence electrons. The molecule has 1 fully saturated rings. The van der Waals surface area contributed by atoms with Crippen LogP contribution < -0.4 is 14.8 Å². The highest BCUT2D eigenvalue weighted by Crippen LogP contribution is 2.28. The Hall–Kier alpha value is -2.31. The van der Waals surface area contributed by atoms with Crippen molar-refractivity contribution in [3.05, 3.63) is 42.5 Å². The van der Waals surface area contributed by atoms with Gasteiger partial charge in [0.05, 0.1) is 20.3 Å². The van der Waals surface area contributed by atoms with Crippen LogP contribution in [0.1, 0.15) is 19.4 Å². The zero-order valence-corrected chi connectivity index (χ0v) is 16.5. The van der Waals surface area contributed by atoms with E-state index in [4.69, 9.17) is 14.2 Å². The lowest BCUT2D eigenvalue weighted by atomic mass is 10.0. The second-order valence-electron chi connectivity index (χ2n) is 6.97. The van der Waals surface area contributed by atoms with Gasteiger partial charge in [0.2, 0.25) is 5.91 Å². The number of hydrogen-bond donors (Lipinski definition) is 1. The molecule has 1 aromatic carbocycles. The van der Waals surface area contributed by atoms with Crippen molar-refractivity contribution in [1.82, 2.24) is 10.2 Å². The van der Waals surface area contributed by atoms with Crippen LogP contribution >= 0.6 is 0 Å². The van der Waals surface area contributed by atoms with Crippen molar-refractivity contribution in [3.8, 4) is 11.5 Å². The molecule has 1 amide bonds. The molecule has 0 saturated carbocycles. The minimum absolute atomic E-state index is 0.110. The molecule has 2 rings (SSSR count). The molecule has 1 saturated heterocycles. The second-order valence-corrected chi connectivity index (χ2v) is 6.97. The summed E-state index contributed by atoms with van der Waals surface area (Å²) in [7, 11) is 1.59. The van der Waals surface area contributed by atoms with Crippen LogP contribution in [-0.4, -0.2) is 62.9 Å². The van der Waals surface area contributed by atoms with Gasteiger partial charge in [0.15, 0.2) is 11.5 Å². The average molecular weight is 374 g/mol. The molecule has 0 aliphatic carbocycles. The van der Waals surface area contributed by atoms with Gasteiger partial charge < -0.3 is 19.5 Å². The number of nitrogens with one attached hydrogen (secondary N) is 1. The standard InChI is InChI=1S/C21H30N2O4/c1-5-12-27-18-8-6-17(15-19(18)25-4)7-9-20(24)22-16-21(2,3)23-10-13-26-14-11-23/h5-9,15H,1,10-14,16H2,2-4H3,(H,22,24)/b9-7+. The van der Waals surface area contributed by atoms with Crippen LogP contribution in [0.2, 0.25) is 0 Å². The summed E-state index contributed by atoms with van der Waals surface area (Å²) in [5.41, 5.74) is 0.751. The van der Waals surface area contributed by atoms with Crippen LogP contribution in [-0.2, 0) is 9.53 Å². The normalized spacial score (nSPS) is 15.5. The largest absolute Gasteiger partial charge is 0.493 e. The number of carbonyl (C=O) groups is 1. The van der Waals surface area contributed by atoms with E-state index in [1.807, 2.05) is 18.2 Å². The first-order valence-electron chi connectivity index (χ1n) is 9.17. The van der Waals surface area contributed by atoms with E-state index in [1.54, 1.807) is 19.3 Å². The van der Waals surface area contributed by atoms with Gasteiger partial charge in [0.25, 0.3) is 0 Å². The fraction of sp³-hybridized carbons (Fsp3) is 0.476. The smallest absolute Gasteiger partial charge is 0.244 e. The minimum Gasteiger partial charge on any atom is -0.493 e. The zero-order chi connectivity index (χ0) is 19.7. The van der Waals surface area contributed by atoms with Crippen LogP contribution in [0.25, 0.3) is 6.08 Å². The third kappa shape index (κ3) is 6.41. The Labute approximate surface area is 161 Å². The number of rotatable bonds is 9. The molecule has 1 aromatic rings. The number of nitrogens with zero attached hydrogens (tertiary/aromatic N) is 1. The predicted octanol–water partition coefficient (Wildman–Crippen LogP) is 2.50. The van der Waals surface area contributed by atoms with Gasteiger partial charge in [0, 0.05) is 31.2 Å².